The van der Waals surface area contributed by atoms with Gasteiger partial charge in [-0.2, -0.15) is 15.0 Å². The van der Waals surface area contributed by atoms with E-state index in [9.17, 15) is 0 Å². The van der Waals surface area contributed by atoms with Gasteiger partial charge in [-0.05, 0) is 12.1 Å². The summed E-state index contributed by atoms with van der Waals surface area (Å²) in [7, 11) is 1.56. The number of anilines is 1. The van der Waals surface area contributed by atoms with Gasteiger partial charge in [-0.25, -0.2) is 4.98 Å². The molecule has 2 aromatic heterocycles. The molecule has 1 aromatic carbocycles. The molecule has 0 fully saturated rings. The molecule has 2 N–H and O–H groups in total. The highest BCUT2D eigenvalue weighted by Crippen LogP contribution is 2.29. The number of hydrogen-bond donors (Lipinski definition) is 1. The number of para-hydroxylation sites is 2. The molecule has 0 saturated heterocycles. The number of aromatic nitrogens is 5. The molecule has 3 rings (SSSR count). The number of hydrogen-bond acceptors (Lipinski definition) is 7. The van der Waals surface area contributed by atoms with E-state index in [2.05, 4.69) is 19.9 Å². The van der Waals surface area contributed by atoms with E-state index in [0.29, 0.717) is 17.4 Å². The van der Waals surface area contributed by atoms with Gasteiger partial charge in [0.1, 0.15) is 6.33 Å². The van der Waals surface area contributed by atoms with Crippen LogP contribution in [0.1, 0.15) is 0 Å². The van der Waals surface area contributed by atoms with Gasteiger partial charge in [0.15, 0.2) is 11.5 Å². The lowest BCUT2D eigenvalue weighted by Crippen LogP contribution is -2.06. The molecular weight excluding hydrogens is 272 g/mol. The predicted octanol–water partition coefficient (Wildman–Crippen LogP) is 1.44. The molecular formula is C13H12N6O2. The smallest absolute Gasteiger partial charge is 0.328 e. The Balaban J connectivity index is 1.96. The Morgan fingerprint density at radius 2 is 1.90 bits per heavy atom. The molecule has 0 aliphatic heterocycles. The molecule has 8 heteroatoms. The normalized spacial score (nSPS) is 10.3. The van der Waals surface area contributed by atoms with E-state index >= 15 is 0 Å². The number of imidazole rings is 1. The van der Waals surface area contributed by atoms with E-state index in [1.807, 2.05) is 12.1 Å². The molecule has 106 valence electrons. The summed E-state index contributed by atoms with van der Waals surface area (Å²) in [6.07, 6.45) is 4.87. The second kappa shape index (κ2) is 5.45. The first-order valence-corrected chi connectivity index (χ1v) is 6.07. The molecule has 8 nitrogen and oxygen atoms in total. The number of benzene rings is 1. The molecule has 0 atom stereocenters. The van der Waals surface area contributed by atoms with Crippen LogP contribution < -0.4 is 15.2 Å². The summed E-state index contributed by atoms with van der Waals surface area (Å²) in [6, 6.07) is 7.26. The van der Waals surface area contributed by atoms with Crippen molar-refractivity contribution in [3.8, 4) is 23.5 Å². The number of nitrogen functional groups attached to an aromatic ring is 1. The van der Waals surface area contributed by atoms with Crippen molar-refractivity contribution >= 4 is 5.95 Å². The second-order valence-electron chi connectivity index (χ2n) is 4.00. The molecule has 0 amide bonds. The zero-order valence-electron chi connectivity index (χ0n) is 11.2. The van der Waals surface area contributed by atoms with Gasteiger partial charge in [0, 0.05) is 12.4 Å². The van der Waals surface area contributed by atoms with Crippen LogP contribution in [0.15, 0.2) is 43.0 Å². The van der Waals surface area contributed by atoms with Gasteiger partial charge in [-0.1, -0.05) is 12.1 Å². The van der Waals surface area contributed by atoms with Crippen molar-refractivity contribution < 1.29 is 9.47 Å². The van der Waals surface area contributed by atoms with Crippen molar-refractivity contribution in [3.63, 3.8) is 0 Å². The zero-order valence-corrected chi connectivity index (χ0v) is 11.2. The topological polar surface area (TPSA) is 101 Å². The van der Waals surface area contributed by atoms with Gasteiger partial charge in [-0.15, -0.1) is 0 Å². The van der Waals surface area contributed by atoms with Crippen molar-refractivity contribution in [3.05, 3.63) is 43.0 Å². The third-order valence-electron chi connectivity index (χ3n) is 2.63. The lowest BCUT2D eigenvalue weighted by molar-refractivity contribution is 0.367. The largest absolute Gasteiger partial charge is 0.493 e. The van der Waals surface area contributed by atoms with Crippen LogP contribution in [0.25, 0.3) is 5.95 Å². The maximum Gasteiger partial charge on any atom is 0.328 e. The molecule has 0 spiro atoms. The van der Waals surface area contributed by atoms with Crippen LogP contribution in [-0.2, 0) is 0 Å². The fraction of sp³-hybridized carbons (Fsp3) is 0.0769. The minimum atomic E-state index is 0.0543. The molecule has 0 aliphatic carbocycles. The van der Waals surface area contributed by atoms with Crippen LogP contribution in [0.4, 0.5) is 5.95 Å². The summed E-state index contributed by atoms with van der Waals surface area (Å²) in [5, 5.41) is 0. The van der Waals surface area contributed by atoms with E-state index in [1.165, 1.54) is 0 Å². The molecule has 0 unspecified atom stereocenters. The summed E-state index contributed by atoms with van der Waals surface area (Å²) in [5.41, 5.74) is 5.68. The van der Waals surface area contributed by atoms with Crippen molar-refractivity contribution in [2.45, 2.75) is 0 Å². The van der Waals surface area contributed by atoms with Crippen LogP contribution in [0.2, 0.25) is 0 Å². The number of rotatable bonds is 4. The van der Waals surface area contributed by atoms with Crippen molar-refractivity contribution in [1.82, 2.24) is 24.5 Å². The fourth-order valence-electron chi connectivity index (χ4n) is 1.70. The number of ether oxygens (including phenoxy) is 2. The van der Waals surface area contributed by atoms with Crippen LogP contribution in [0.5, 0.6) is 17.5 Å². The predicted molar refractivity (Wildman–Crippen MR) is 74.4 cm³/mol. The van der Waals surface area contributed by atoms with E-state index in [1.54, 1.807) is 42.5 Å². The molecule has 2 heterocycles. The summed E-state index contributed by atoms with van der Waals surface area (Å²) in [6.45, 7) is 0. The first kappa shape index (κ1) is 12.9. The first-order chi connectivity index (χ1) is 10.3. The minimum Gasteiger partial charge on any atom is -0.493 e. The van der Waals surface area contributed by atoms with Crippen molar-refractivity contribution in [2.75, 3.05) is 12.8 Å². The van der Waals surface area contributed by atoms with Crippen LogP contribution in [-0.4, -0.2) is 31.6 Å². The van der Waals surface area contributed by atoms with Crippen molar-refractivity contribution in [2.24, 2.45) is 0 Å². The number of nitrogens with two attached hydrogens (primary N) is 1. The van der Waals surface area contributed by atoms with Gasteiger partial charge in [0.25, 0.3) is 0 Å². The molecule has 0 radical (unpaired) electrons. The lowest BCUT2D eigenvalue weighted by Gasteiger charge is -2.09. The highest BCUT2D eigenvalue weighted by molar-refractivity contribution is 5.41. The van der Waals surface area contributed by atoms with Gasteiger partial charge in [0.05, 0.1) is 7.11 Å². The van der Waals surface area contributed by atoms with E-state index in [4.69, 9.17) is 15.2 Å². The highest BCUT2D eigenvalue weighted by Gasteiger charge is 2.10. The average molecular weight is 284 g/mol. The van der Waals surface area contributed by atoms with Gasteiger partial charge < -0.3 is 15.2 Å². The highest BCUT2D eigenvalue weighted by atomic mass is 16.5. The molecule has 21 heavy (non-hydrogen) atoms. The summed E-state index contributed by atoms with van der Waals surface area (Å²) in [5.74, 6) is 1.44. The Bertz CT molecular complexity index is 744. The monoisotopic (exact) mass is 284 g/mol. The van der Waals surface area contributed by atoms with Crippen molar-refractivity contribution in [1.29, 1.82) is 0 Å². The van der Waals surface area contributed by atoms with Crippen LogP contribution >= 0.6 is 0 Å². The Morgan fingerprint density at radius 1 is 1.10 bits per heavy atom. The molecule has 3 aromatic rings. The summed E-state index contributed by atoms with van der Waals surface area (Å²) >= 11 is 0. The van der Waals surface area contributed by atoms with Crippen LogP contribution in [0, 0.1) is 0 Å². The van der Waals surface area contributed by atoms with E-state index in [-0.39, 0.29) is 12.0 Å². The lowest BCUT2D eigenvalue weighted by atomic mass is 10.3. The third-order valence-corrected chi connectivity index (χ3v) is 2.63. The van der Waals surface area contributed by atoms with Gasteiger partial charge in [-0.3, -0.25) is 4.57 Å². The zero-order chi connectivity index (χ0) is 14.7. The second-order valence-corrected chi connectivity index (χ2v) is 4.00. The molecule has 0 saturated carbocycles. The Labute approximate surface area is 120 Å². The van der Waals surface area contributed by atoms with Gasteiger partial charge >= 0.3 is 6.01 Å². The third kappa shape index (κ3) is 2.73. The maximum atomic E-state index is 5.68. The maximum absolute atomic E-state index is 5.68. The minimum absolute atomic E-state index is 0.0543. The summed E-state index contributed by atoms with van der Waals surface area (Å²) in [4.78, 5) is 16.1. The first-order valence-electron chi connectivity index (χ1n) is 6.07. The number of nitrogens with zero attached hydrogens (tertiary/aromatic N) is 5. The van der Waals surface area contributed by atoms with E-state index in [0.717, 1.165) is 0 Å². The molecule has 0 aliphatic rings. The summed E-state index contributed by atoms with van der Waals surface area (Å²) < 4.78 is 12.4. The fourth-order valence-corrected chi connectivity index (χ4v) is 1.70. The van der Waals surface area contributed by atoms with Crippen LogP contribution in [0.3, 0.4) is 0 Å². The standard InChI is InChI=1S/C13H12N6O2/c1-20-9-4-2-3-5-10(9)21-13-17-11(14)16-12(18-13)19-7-6-15-8-19/h2-8H,1H3,(H2,14,16,17,18). The molecule has 0 bridgehead atoms. The van der Waals surface area contributed by atoms with Gasteiger partial charge in [0.2, 0.25) is 11.9 Å². The average Bonchev–Trinajstić information content (AvgIpc) is 3.01. The van der Waals surface area contributed by atoms with E-state index < -0.39 is 0 Å². The Kier molecular flexibility index (Phi) is 3.34. The Hall–Kier alpha value is -3.16. The quantitative estimate of drug-likeness (QED) is 0.773. The number of methoxy groups -OCH3 is 1. The Morgan fingerprint density at radius 3 is 2.62 bits per heavy atom. The SMILES string of the molecule is COc1ccccc1Oc1nc(N)nc(-n2ccnc2)n1.